The zero-order valence-corrected chi connectivity index (χ0v) is 16.8. The predicted molar refractivity (Wildman–Crippen MR) is 108 cm³/mol. The number of carbonyl (C=O) groups is 2. The number of H-pyrrole nitrogens is 1. The number of anilines is 1. The Kier molecular flexibility index (Phi) is 5.59. The lowest BCUT2D eigenvalue weighted by Crippen LogP contribution is -2.38. The fourth-order valence-electron chi connectivity index (χ4n) is 3.28. The molecule has 4 rings (SSSR count). The fraction of sp³-hybridized carbons (Fsp3) is 0.263. The molecular formula is C19H17ClFN5O2S. The third-order valence-corrected chi connectivity index (χ3v) is 6.13. The first-order valence-corrected chi connectivity index (χ1v) is 10.3. The minimum Gasteiger partial charge on any atom is -0.338 e. The van der Waals surface area contributed by atoms with Gasteiger partial charge in [-0.05, 0) is 25.0 Å². The molecule has 7 nitrogen and oxygen atoms in total. The second kappa shape index (κ2) is 8.30. The van der Waals surface area contributed by atoms with Crippen LogP contribution in [0.5, 0.6) is 0 Å². The van der Waals surface area contributed by atoms with Crippen molar-refractivity contribution < 1.29 is 14.0 Å². The summed E-state index contributed by atoms with van der Waals surface area (Å²) in [6.45, 7) is 0.951. The Labute approximate surface area is 174 Å². The van der Waals surface area contributed by atoms with Gasteiger partial charge < -0.3 is 10.2 Å². The van der Waals surface area contributed by atoms with Gasteiger partial charge in [0.2, 0.25) is 0 Å². The van der Waals surface area contributed by atoms with Crippen molar-refractivity contribution in [1.82, 2.24) is 20.1 Å². The Morgan fingerprint density at radius 3 is 2.76 bits per heavy atom. The molecule has 150 valence electrons. The molecule has 0 bridgehead atoms. The summed E-state index contributed by atoms with van der Waals surface area (Å²) in [5.41, 5.74) is 0.260. The molecule has 2 aromatic heterocycles. The lowest BCUT2D eigenvalue weighted by molar-refractivity contribution is 0.0708. The first-order valence-electron chi connectivity index (χ1n) is 9.02. The van der Waals surface area contributed by atoms with Crippen molar-refractivity contribution in [3.8, 4) is 0 Å². The third-order valence-electron chi connectivity index (χ3n) is 4.81. The molecule has 1 fully saturated rings. The average molecular weight is 434 g/mol. The van der Waals surface area contributed by atoms with Crippen LogP contribution in [0.15, 0.2) is 35.8 Å². The monoisotopic (exact) mass is 433 g/mol. The zero-order chi connectivity index (χ0) is 20.4. The molecule has 0 radical (unpaired) electrons. The number of nitrogens with zero attached hydrogens (tertiary/aromatic N) is 3. The van der Waals surface area contributed by atoms with E-state index in [9.17, 15) is 14.0 Å². The molecule has 0 aliphatic carbocycles. The highest BCUT2D eigenvalue weighted by molar-refractivity contribution is 7.10. The van der Waals surface area contributed by atoms with Gasteiger partial charge in [0.25, 0.3) is 11.8 Å². The third kappa shape index (κ3) is 4.15. The Morgan fingerprint density at radius 2 is 2.07 bits per heavy atom. The fourth-order valence-corrected chi connectivity index (χ4v) is 4.50. The van der Waals surface area contributed by atoms with Crippen LogP contribution in [0.2, 0.25) is 5.02 Å². The van der Waals surface area contributed by atoms with E-state index in [2.05, 4.69) is 20.5 Å². The van der Waals surface area contributed by atoms with Crippen molar-refractivity contribution in [1.29, 1.82) is 0 Å². The van der Waals surface area contributed by atoms with Crippen molar-refractivity contribution in [3.63, 3.8) is 0 Å². The van der Waals surface area contributed by atoms with Gasteiger partial charge in [-0.1, -0.05) is 17.7 Å². The maximum atomic E-state index is 14.0. The van der Waals surface area contributed by atoms with Crippen LogP contribution in [-0.4, -0.2) is 45.0 Å². The summed E-state index contributed by atoms with van der Waals surface area (Å²) < 4.78 is 14.0. The van der Waals surface area contributed by atoms with Crippen molar-refractivity contribution >= 4 is 40.6 Å². The van der Waals surface area contributed by atoms with E-state index in [1.54, 1.807) is 22.5 Å². The molecule has 1 aromatic carbocycles. The molecule has 0 atom stereocenters. The lowest BCUT2D eigenvalue weighted by atomic mass is 9.97. The molecule has 3 heterocycles. The second-order valence-corrected chi connectivity index (χ2v) is 7.96. The number of aromatic nitrogens is 3. The molecule has 2 N–H and O–H groups in total. The van der Waals surface area contributed by atoms with Gasteiger partial charge in [-0.3, -0.25) is 14.7 Å². The van der Waals surface area contributed by atoms with Crippen LogP contribution in [0.1, 0.15) is 44.6 Å². The summed E-state index contributed by atoms with van der Waals surface area (Å²) in [5, 5.41) is 11.8. The van der Waals surface area contributed by atoms with Crippen molar-refractivity contribution in [2.45, 2.75) is 18.8 Å². The lowest BCUT2D eigenvalue weighted by Gasteiger charge is -2.31. The van der Waals surface area contributed by atoms with Gasteiger partial charge in [-0.15, -0.1) is 11.3 Å². The number of likely N-dealkylation sites (tertiary alicyclic amines) is 1. The molecule has 1 aliphatic rings. The van der Waals surface area contributed by atoms with Crippen molar-refractivity contribution in [2.75, 3.05) is 18.4 Å². The first kappa shape index (κ1) is 19.5. The van der Waals surface area contributed by atoms with E-state index in [4.69, 9.17) is 11.6 Å². The summed E-state index contributed by atoms with van der Waals surface area (Å²) in [5.74, 6) is -0.668. The maximum Gasteiger partial charge on any atom is 0.276 e. The van der Waals surface area contributed by atoms with E-state index in [0.29, 0.717) is 37.4 Å². The Balaban J connectivity index is 1.38. The SMILES string of the molecule is O=C(Nc1ccn[nH]1)c1csc(C2CCN(C(=O)c3c(F)cccc3Cl)CC2)n1. The zero-order valence-electron chi connectivity index (χ0n) is 15.2. The molecule has 3 aromatic rings. The number of carbonyl (C=O) groups excluding carboxylic acids is 2. The quantitative estimate of drug-likeness (QED) is 0.652. The number of hydrogen-bond donors (Lipinski definition) is 2. The van der Waals surface area contributed by atoms with Crippen molar-refractivity contribution in [2.24, 2.45) is 0 Å². The van der Waals surface area contributed by atoms with Crippen LogP contribution in [0, 0.1) is 5.82 Å². The average Bonchev–Trinajstić information content (AvgIpc) is 3.40. The number of thiazole rings is 1. The van der Waals surface area contributed by atoms with Crippen LogP contribution in [-0.2, 0) is 0 Å². The highest BCUT2D eigenvalue weighted by Crippen LogP contribution is 2.32. The summed E-state index contributed by atoms with van der Waals surface area (Å²) in [7, 11) is 0. The highest BCUT2D eigenvalue weighted by Gasteiger charge is 2.29. The summed E-state index contributed by atoms with van der Waals surface area (Å²) >= 11 is 7.44. The molecule has 0 spiro atoms. The number of amides is 2. The summed E-state index contributed by atoms with van der Waals surface area (Å²) in [6.07, 6.45) is 2.92. The van der Waals surface area contributed by atoms with E-state index < -0.39 is 11.7 Å². The number of piperidine rings is 1. The topological polar surface area (TPSA) is 91.0 Å². The Morgan fingerprint density at radius 1 is 1.28 bits per heavy atom. The number of rotatable bonds is 4. The highest BCUT2D eigenvalue weighted by atomic mass is 35.5. The van der Waals surface area contributed by atoms with Gasteiger partial charge in [-0.25, -0.2) is 9.37 Å². The smallest absolute Gasteiger partial charge is 0.276 e. The van der Waals surface area contributed by atoms with Crippen LogP contribution < -0.4 is 5.32 Å². The number of nitrogens with one attached hydrogen (secondary N) is 2. The number of halogens is 2. The van der Waals surface area contributed by atoms with Crippen molar-refractivity contribution in [3.05, 3.63) is 62.9 Å². The largest absolute Gasteiger partial charge is 0.338 e. The molecule has 1 saturated heterocycles. The van der Waals surface area contributed by atoms with Gasteiger partial charge >= 0.3 is 0 Å². The normalized spacial score (nSPS) is 14.8. The molecule has 10 heteroatoms. The number of aromatic amines is 1. The summed E-state index contributed by atoms with van der Waals surface area (Å²) in [4.78, 5) is 31.0. The predicted octanol–water partition coefficient (Wildman–Crippen LogP) is 3.93. The van der Waals surface area contributed by atoms with Crippen LogP contribution >= 0.6 is 22.9 Å². The van der Waals surface area contributed by atoms with Gasteiger partial charge in [0.15, 0.2) is 0 Å². The van der Waals surface area contributed by atoms with Crippen LogP contribution in [0.25, 0.3) is 0 Å². The Bertz CT molecular complexity index is 1010. The minimum absolute atomic E-state index is 0.0837. The molecular weight excluding hydrogens is 417 g/mol. The first-order chi connectivity index (χ1) is 14.0. The van der Waals surface area contributed by atoms with E-state index in [-0.39, 0.29) is 22.4 Å². The van der Waals surface area contributed by atoms with E-state index in [0.717, 1.165) is 5.01 Å². The minimum atomic E-state index is -0.613. The molecule has 2 amide bonds. The van der Waals surface area contributed by atoms with Gasteiger partial charge in [0.05, 0.1) is 21.8 Å². The molecule has 0 unspecified atom stereocenters. The molecule has 0 saturated carbocycles. The number of benzene rings is 1. The van der Waals surface area contributed by atoms with Crippen LogP contribution in [0.3, 0.4) is 0 Å². The molecule has 1 aliphatic heterocycles. The van der Waals surface area contributed by atoms with Gasteiger partial charge in [0, 0.05) is 30.5 Å². The molecule has 29 heavy (non-hydrogen) atoms. The van der Waals surface area contributed by atoms with Gasteiger partial charge in [0.1, 0.15) is 17.3 Å². The van der Waals surface area contributed by atoms with E-state index in [1.807, 2.05) is 0 Å². The standard InChI is InChI=1S/C19H17ClFN5O2S/c20-12-2-1-3-13(21)16(12)19(28)26-8-5-11(6-9-26)18-23-14(10-29-18)17(27)24-15-4-7-22-25-15/h1-4,7,10-11H,5-6,8-9H2,(H2,22,24,25,27). The van der Waals surface area contributed by atoms with E-state index in [1.165, 1.54) is 29.5 Å². The van der Waals surface area contributed by atoms with E-state index >= 15 is 0 Å². The van der Waals surface area contributed by atoms with Crippen LogP contribution in [0.4, 0.5) is 10.2 Å². The van der Waals surface area contributed by atoms with Gasteiger partial charge in [-0.2, -0.15) is 5.10 Å². The Hall–Kier alpha value is -2.78. The number of hydrogen-bond acceptors (Lipinski definition) is 5. The second-order valence-electron chi connectivity index (χ2n) is 6.66. The summed E-state index contributed by atoms with van der Waals surface area (Å²) in [6, 6.07) is 5.87. The maximum absolute atomic E-state index is 14.0.